The zero-order valence-corrected chi connectivity index (χ0v) is 13.0. The first-order chi connectivity index (χ1) is 10.7. The van der Waals surface area contributed by atoms with Crippen molar-refractivity contribution < 1.29 is 9.52 Å². The molecule has 0 spiro atoms. The number of aliphatic hydroxyl groups is 1. The minimum absolute atomic E-state index is 0.0705. The molecule has 0 bridgehead atoms. The minimum atomic E-state index is 0.0705. The molecule has 0 amide bonds. The average Bonchev–Trinajstić information content (AvgIpc) is 2.90. The van der Waals surface area contributed by atoms with Gasteiger partial charge >= 0.3 is 0 Å². The lowest BCUT2D eigenvalue weighted by Gasteiger charge is -2.07. The maximum atomic E-state index is 9.34. The number of fused-ring (bicyclic) bond motifs is 1. The van der Waals surface area contributed by atoms with Crippen LogP contribution in [0.1, 0.15) is 28.0 Å². The molecule has 2 N–H and O–H groups in total. The van der Waals surface area contributed by atoms with E-state index in [1.54, 1.807) is 0 Å². The molecule has 1 aromatic heterocycles. The third kappa shape index (κ3) is 3.06. The lowest BCUT2D eigenvalue weighted by atomic mass is 10.1. The monoisotopic (exact) mass is 295 g/mol. The molecular formula is C19H21NO2. The molecule has 2 aromatic carbocycles. The van der Waals surface area contributed by atoms with E-state index in [0.29, 0.717) is 13.1 Å². The summed E-state index contributed by atoms with van der Waals surface area (Å²) in [4.78, 5) is 0. The van der Waals surface area contributed by atoms with E-state index in [9.17, 15) is 5.11 Å². The Labute approximate surface area is 130 Å². The van der Waals surface area contributed by atoms with Gasteiger partial charge in [0.25, 0.3) is 0 Å². The van der Waals surface area contributed by atoms with Gasteiger partial charge in [-0.15, -0.1) is 0 Å². The number of furan rings is 1. The Morgan fingerprint density at radius 3 is 2.45 bits per heavy atom. The number of nitrogens with one attached hydrogen (secondary N) is 1. The third-order valence-electron chi connectivity index (χ3n) is 4.09. The summed E-state index contributed by atoms with van der Waals surface area (Å²) in [5.41, 5.74) is 5.55. The summed E-state index contributed by atoms with van der Waals surface area (Å²) in [6.07, 6.45) is 0. The van der Waals surface area contributed by atoms with Crippen molar-refractivity contribution in [3.8, 4) is 0 Å². The zero-order chi connectivity index (χ0) is 15.5. The van der Waals surface area contributed by atoms with Crippen LogP contribution in [-0.4, -0.2) is 5.11 Å². The number of hydrogen-bond donors (Lipinski definition) is 2. The molecule has 114 valence electrons. The fourth-order valence-electron chi connectivity index (χ4n) is 2.65. The Morgan fingerprint density at radius 1 is 0.955 bits per heavy atom. The number of rotatable bonds is 5. The van der Waals surface area contributed by atoms with Gasteiger partial charge in [0.05, 0.1) is 13.2 Å². The van der Waals surface area contributed by atoms with Crippen molar-refractivity contribution in [1.29, 1.82) is 0 Å². The number of aliphatic hydroxyl groups excluding tert-OH is 1. The summed E-state index contributed by atoms with van der Waals surface area (Å²) in [5, 5.41) is 13.9. The van der Waals surface area contributed by atoms with Crippen molar-refractivity contribution in [3.63, 3.8) is 0 Å². The summed E-state index contributed by atoms with van der Waals surface area (Å²) >= 11 is 0. The van der Waals surface area contributed by atoms with Gasteiger partial charge in [-0.1, -0.05) is 24.3 Å². The molecule has 0 atom stereocenters. The quantitative estimate of drug-likeness (QED) is 0.752. The van der Waals surface area contributed by atoms with Gasteiger partial charge in [-0.2, -0.15) is 0 Å². The fraction of sp³-hybridized carbons (Fsp3) is 0.263. The summed E-state index contributed by atoms with van der Waals surface area (Å²) < 4.78 is 5.89. The molecule has 0 saturated heterocycles. The first kappa shape index (κ1) is 14.8. The van der Waals surface area contributed by atoms with Gasteiger partial charge in [-0.05, 0) is 54.3 Å². The second-order valence-electron chi connectivity index (χ2n) is 5.72. The van der Waals surface area contributed by atoms with Gasteiger partial charge < -0.3 is 14.8 Å². The molecule has 3 rings (SSSR count). The van der Waals surface area contributed by atoms with E-state index in [-0.39, 0.29) is 6.61 Å². The van der Waals surface area contributed by atoms with E-state index < -0.39 is 0 Å². The van der Waals surface area contributed by atoms with E-state index in [0.717, 1.165) is 27.9 Å². The molecule has 3 aromatic rings. The van der Waals surface area contributed by atoms with Crippen LogP contribution in [0.2, 0.25) is 0 Å². The number of benzene rings is 2. The molecule has 1 heterocycles. The van der Waals surface area contributed by atoms with Crippen molar-refractivity contribution in [3.05, 3.63) is 70.5 Å². The highest BCUT2D eigenvalue weighted by Gasteiger charge is 2.06. The Kier molecular flexibility index (Phi) is 4.27. The van der Waals surface area contributed by atoms with Gasteiger partial charge in [0.15, 0.2) is 0 Å². The third-order valence-corrected chi connectivity index (χ3v) is 4.09. The van der Waals surface area contributed by atoms with Crippen molar-refractivity contribution >= 4 is 11.0 Å². The fourth-order valence-corrected chi connectivity index (χ4v) is 2.65. The molecule has 0 aliphatic rings. The van der Waals surface area contributed by atoms with Crippen LogP contribution in [0.25, 0.3) is 11.0 Å². The largest absolute Gasteiger partial charge is 0.460 e. The Hall–Kier alpha value is -2.10. The highest BCUT2D eigenvalue weighted by molar-refractivity contribution is 5.79. The van der Waals surface area contributed by atoms with Gasteiger partial charge in [0, 0.05) is 11.9 Å². The van der Waals surface area contributed by atoms with Crippen LogP contribution in [0, 0.1) is 13.8 Å². The highest BCUT2D eigenvalue weighted by Crippen LogP contribution is 2.23. The predicted octanol–water partition coefficient (Wildman–Crippen LogP) is 3.83. The summed E-state index contributed by atoms with van der Waals surface area (Å²) in [7, 11) is 0. The standard InChI is InChI=1S/C19H21NO2/c1-13-7-17-9-18(22-19(17)8-14(13)2)11-20-10-15-5-3-4-6-16(15)12-21/h3-9,20-21H,10-12H2,1-2H3. The van der Waals surface area contributed by atoms with E-state index in [1.807, 2.05) is 24.3 Å². The van der Waals surface area contributed by atoms with Gasteiger partial charge in [-0.3, -0.25) is 0 Å². The molecular weight excluding hydrogens is 274 g/mol. The smallest absolute Gasteiger partial charge is 0.134 e. The van der Waals surface area contributed by atoms with Crippen molar-refractivity contribution in [1.82, 2.24) is 5.32 Å². The zero-order valence-electron chi connectivity index (χ0n) is 13.0. The van der Waals surface area contributed by atoms with Gasteiger partial charge in [-0.25, -0.2) is 0 Å². The van der Waals surface area contributed by atoms with Crippen molar-refractivity contribution in [2.24, 2.45) is 0 Å². The molecule has 0 radical (unpaired) electrons. The van der Waals surface area contributed by atoms with Crippen LogP contribution in [0.5, 0.6) is 0 Å². The Bertz CT molecular complexity index is 750. The van der Waals surface area contributed by atoms with Crippen molar-refractivity contribution in [2.75, 3.05) is 0 Å². The molecule has 0 aliphatic heterocycles. The molecule has 3 heteroatoms. The van der Waals surface area contributed by atoms with Crippen LogP contribution in [0.3, 0.4) is 0 Å². The van der Waals surface area contributed by atoms with Crippen LogP contribution in [0.4, 0.5) is 0 Å². The van der Waals surface area contributed by atoms with E-state index in [2.05, 4.69) is 37.4 Å². The molecule has 22 heavy (non-hydrogen) atoms. The van der Waals surface area contributed by atoms with Crippen molar-refractivity contribution in [2.45, 2.75) is 33.5 Å². The lowest BCUT2D eigenvalue weighted by molar-refractivity contribution is 0.280. The minimum Gasteiger partial charge on any atom is -0.460 e. The van der Waals surface area contributed by atoms with E-state index in [4.69, 9.17) is 4.42 Å². The maximum absolute atomic E-state index is 9.34. The second-order valence-corrected chi connectivity index (χ2v) is 5.72. The molecule has 0 fully saturated rings. The molecule has 3 nitrogen and oxygen atoms in total. The van der Waals surface area contributed by atoms with Crippen LogP contribution in [-0.2, 0) is 19.7 Å². The summed E-state index contributed by atoms with van der Waals surface area (Å²) in [6.45, 7) is 5.67. The summed E-state index contributed by atoms with van der Waals surface area (Å²) in [6, 6.07) is 14.3. The predicted molar refractivity (Wildman–Crippen MR) is 88.6 cm³/mol. The topological polar surface area (TPSA) is 45.4 Å². The number of hydrogen-bond acceptors (Lipinski definition) is 3. The number of aryl methyl sites for hydroxylation is 2. The van der Waals surface area contributed by atoms with Gasteiger partial charge in [0.2, 0.25) is 0 Å². The molecule has 0 aliphatic carbocycles. The first-order valence-electron chi connectivity index (χ1n) is 7.55. The summed E-state index contributed by atoms with van der Waals surface area (Å²) in [5.74, 6) is 0.932. The van der Waals surface area contributed by atoms with E-state index >= 15 is 0 Å². The average molecular weight is 295 g/mol. The van der Waals surface area contributed by atoms with Crippen LogP contribution >= 0.6 is 0 Å². The first-order valence-corrected chi connectivity index (χ1v) is 7.55. The van der Waals surface area contributed by atoms with E-state index in [1.165, 1.54) is 11.1 Å². The van der Waals surface area contributed by atoms with Gasteiger partial charge in [0.1, 0.15) is 11.3 Å². The SMILES string of the molecule is Cc1cc2cc(CNCc3ccccc3CO)oc2cc1C. The molecule has 0 unspecified atom stereocenters. The Balaban J connectivity index is 1.69. The highest BCUT2D eigenvalue weighted by atomic mass is 16.3. The second kappa shape index (κ2) is 6.34. The molecule has 0 saturated carbocycles. The Morgan fingerprint density at radius 2 is 1.68 bits per heavy atom. The normalized spacial score (nSPS) is 11.2. The lowest BCUT2D eigenvalue weighted by Crippen LogP contribution is -2.13. The van der Waals surface area contributed by atoms with Crippen LogP contribution < -0.4 is 5.32 Å². The maximum Gasteiger partial charge on any atom is 0.134 e. The van der Waals surface area contributed by atoms with Crippen LogP contribution in [0.15, 0.2) is 46.9 Å².